The molecule has 1 amide bonds. The molecule has 1 heterocycles. The van der Waals surface area contributed by atoms with E-state index in [0.717, 1.165) is 19.3 Å². The Kier molecular flexibility index (Phi) is 4.38. The van der Waals surface area contributed by atoms with E-state index < -0.39 is 6.09 Å². The second-order valence-corrected chi connectivity index (χ2v) is 4.06. The van der Waals surface area contributed by atoms with Gasteiger partial charge in [0.05, 0.1) is 5.33 Å². The molecule has 0 aromatic heterocycles. The van der Waals surface area contributed by atoms with Crippen LogP contribution in [0.1, 0.15) is 25.7 Å². The smallest absolute Gasteiger partial charge is 0.407 e. The number of piperidine rings is 1. The lowest BCUT2D eigenvalue weighted by Crippen LogP contribution is -2.44. The number of Topliss-reactive ketones (excluding diaryl/α,β-unsaturated/α-hetero) is 1. The maximum absolute atomic E-state index is 11.2. The predicted octanol–water partition coefficient (Wildman–Crippen LogP) is 1.87. The Morgan fingerprint density at radius 2 is 2.14 bits per heavy atom. The van der Waals surface area contributed by atoms with E-state index >= 15 is 0 Å². The second kappa shape index (κ2) is 5.34. The number of hydrogen-bond donors (Lipinski definition) is 1. The van der Waals surface area contributed by atoms with Crippen LogP contribution >= 0.6 is 15.9 Å². The zero-order chi connectivity index (χ0) is 10.6. The standard InChI is InChI=1S/C9H14BrNO3/c10-6-8(12)5-7-3-1-2-4-11(7)9(13)14/h7H,1-6H2,(H,13,14)/t7-/m0/s1. The van der Waals surface area contributed by atoms with E-state index in [9.17, 15) is 9.59 Å². The van der Waals surface area contributed by atoms with Crippen molar-refractivity contribution in [3.8, 4) is 0 Å². The SMILES string of the molecule is O=C(CBr)C[C@@H]1CCCCN1C(=O)O. The summed E-state index contributed by atoms with van der Waals surface area (Å²) in [7, 11) is 0. The van der Waals surface area contributed by atoms with Crippen molar-refractivity contribution in [2.45, 2.75) is 31.7 Å². The molecule has 0 bridgehead atoms. The van der Waals surface area contributed by atoms with Crippen LogP contribution in [0, 0.1) is 0 Å². The summed E-state index contributed by atoms with van der Waals surface area (Å²) in [6.45, 7) is 0.565. The molecule has 1 aliphatic rings. The molecule has 1 atom stereocenters. The lowest BCUT2D eigenvalue weighted by molar-refractivity contribution is -0.117. The number of rotatable bonds is 3. The Hall–Kier alpha value is -0.580. The molecule has 0 aromatic carbocycles. The maximum atomic E-state index is 11.2. The highest BCUT2D eigenvalue weighted by Crippen LogP contribution is 2.20. The van der Waals surface area contributed by atoms with Crippen molar-refractivity contribution in [2.24, 2.45) is 0 Å². The quantitative estimate of drug-likeness (QED) is 0.792. The molecule has 0 unspecified atom stereocenters. The fourth-order valence-corrected chi connectivity index (χ4v) is 2.01. The lowest BCUT2D eigenvalue weighted by atomic mass is 9.98. The summed E-state index contributed by atoms with van der Waals surface area (Å²) in [5, 5.41) is 9.21. The Morgan fingerprint density at radius 1 is 1.43 bits per heavy atom. The highest BCUT2D eigenvalue weighted by molar-refractivity contribution is 9.09. The number of nitrogens with zero attached hydrogens (tertiary/aromatic N) is 1. The first-order valence-electron chi connectivity index (χ1n) is 4.72. The highest BCUT2D eigenvalue weighted by atomic mass is 79.9. The van der Waals surface area contributed by atoms with E-state index in [-0.39, 0.29) is 11.8 Å². The van der Waals surface area contributed by atoms with E-state index in [0.29, 0.717) is 18.3 Å². The summed E-state index contributed by atoms with van der Waals surface area (Å²) in [5.74, 6) is 0.0724. The number of carboxylic acid groups (broad SMARTS) is 1. The fourth-order valence-electron chi connectivity index (χ4n) is 1.78. The predicted molar refractivity (Wildman–Crippen MR) is 55.8 cm³/mol. The van der Waals surface area contributed by atoms with Crippen LogP contribution in [0.2, 0.25) is 0 Å². The molecule has 1 aliphatic heterocycles. The molecule has 1 fully saturated rings. The molecule has 14 heavy (non-hydrogen) atoms. The summed E-state index contributed by atoms with van der Waals surface area (Å²) in [4.78, 5) is 23.4. The number of likely N-dealkylation sites (tertiary alicyclic amines) is 1. The summed E-state index contributed by atoms with van der Waals surface area (Å²) < 4.78 is 0. The number of alkyl halides is 1. The van der Waals surface area contributed by atoms with Crippen LogP contribution in [0.15, 0.2) is 0 Å². The first kappa shape index (κ1) is 11.5. The van der Waals surface area contributed by atoms with Crippen LogP contribution in [-0.2, 0) is 4.79 Å². The Labute approximate surface area is 91.4 Å². The first-order chi connectivity index (χ1) is 6.65. The molecular formula is C9H14BrNO3. The summed E-state index contributed by atoms with van der Waals surface area (Å²) in [5.41, 5.74) is 0. The number of carbonyl (C=O) groups is 2. The Morgan fingerprint density at radius 3 is 2.71 bits per heavy atom. The minimum atomic E-state index is -0.905. The van der Waals surface area contributed by atoms with Crippen LogP contribution in [0.4, 0.5) is 4.79 Å². The second-order valence-electron chi connectivity index (χ2n) is 3.50. The molecule has 1 N–H and O–H groups in total. The van der Waals surface area contributed by atoms with Crippen LogP contribution in [0.25, 0.3) is 0 Å². The number of halogens is 1. The third-order valence-corrected chi connectivity index (χ3v) is 3.11. The number of carbonyl (C=O) groups excluding carboxylic acids is 1. The number of ketones is 1. The van der Waals surface area contributed by atoms with Crippen LogP contribution in [0.5, 0.6) is 0 Å². The molecule has 5 heteroatoms. The van der Waals surface area contributed by atoms with Gasteiger partial charge in [-0.25, -0.2) is 4.79 Å². The molecule has 4 nitrogen and oxygen atoms in total. The van der Waals surface area contributed by atoms with Crippen LogP contribution in [-0.4, -0.2) is 39.8 Å². The molecule has 0 radical (unpaired) electrons. The van der Waals surface area contributed by atoms with Gasteiger partial charge in [-0.1, -0.05) is 15.9 Å². The van der Waals surface area contributed by atoms with E-state index in [2.05, 4.69) is 15.9 Å². The van der Waals surface area contributed by atoms with Crippen molar-refractivity contribution in [2.75, 3.05) is 11.9 Å². The molecule has 1 rings (SSSR count). The van der Waals surface area contributed by atoms with Crippen LogP contribution < -0.4 is 0 Å². The lowest BCUT2D eigenvalue weighted by Gasteiger charge is -2.32. The van der Waals surface area contributed by atoms with Crippen molar-refractivity contribution < 1.29 is 14.7 Å². The first-order valence-corrected chi connectivity index (χ1v) is 5.84. The van der Waals surface area contributed by atoms with Crippen molar-refractivity contribution in [3.63, 3.8) is 0 Å². The largest absolute Gasteiger partial charge is 0.465 e. The summed E-state index contributed by atoms with van der Waals surface area (Å²) >= 11 is 3.08. The summed E-state index contributed by atoms with van der Waals surface area (Å²) in [6.07, 6.45) is 2.18. The topological polar surface area (TPSA) is 57.6 Å². The third-order valence-electron chi connectivity index (χ3n) is 2.49. The highest BCUT2D eigenvalue weighted by Gasteiger charge is 2.27. The van der Waals surface area contributed by atoms with Gasteiger partial charge in [0.15, 0.2) is 0 Å². The zero-order valence-corrected chi connectivity index (χ0v) is 9.49. The van der Waals surface area contributed by atoms with Crippen molar-refractivity contribution >= 4 is 27.8 Å². The van der Waals surface area contributed by atoms with Gasteiger partial charge in [0.1, 0.15) is 5.78 Å². The molecule has 80 valence electrons. The van der Waals surface area contributed by atoms with Gasteiger partial charge < -0.3 is 10.0 Å². The molecular weight excluding hydrogens is 250 g/mol. The van der Waals surface area contributed by atoms with E-state index in [4.69, 9.17) is 5.11 Å². The fraction of sp³-hybridized carbons (Fsp3) is 0.778. The van der Waals surface area contributed by atoms with Gasteiger partial charge >= 0.3 is 6.09 Å². The zero-order valence-electron chi connectivity index (χ0n) is 7.91. The molecule has 0 saturated carbocycles. The molecule has 0 spiro atoms. The monoisotopic (exact) mass is 263 g/mol. The molecule has 0 aliphatic carbocycles. The molecule has 1 saturated heterocycles. The summed E-state index contributed by atoms with van der Waals surface area (Å²) in [6, 6.07) is -0.105. The Bertz CT molecular complexity index is 232. The molecule has 0 aromatic rings. The van der Waals surface area contributed by atoms with Crippen molar-refractivity contribution in [3.05, 3.63) is 0 Å². The van der Waals surface area contributed by atoms with Gasteiger partial charge in [0, 0.05) is 19.0 Å². The number of amides is 1. The van der Waals surface area contributed by atoms with Gasteiger partial charge in [0.2, 0.25) is 0 Å². The average molecular weight is 264 g/mol. The van der Waals surface area contributed by atoms with Gasteiger partial charge in [-0.3, -0.25) is 4.79 Å². The van der Waals surface area contributed by atoms with Crippen LogP contribution in [0.3, 0.4) is 0 Å². The van der Waals surface area contributed by atoms with Crippen molar-refractivity contribution in [1.29, 1.82) is 0 Å². The maximum Gasteiger partial charge on any atom is 0.407 e. The van der Waals surface area contributed by atoms with E-state index in [1.54, 1.807) is 0 Å². The normalized spacial score (nSPS) is 22.1. The average Bonchev–Trinajstić information content (AvgIpc) is 2.18. The van der Waals surface area contributed by atoms with E-state index in [1.807, 2.05) is 0 Å². The van der Waals surface area contributed by atoms with Gasteiger partial charge in [0.25, 0.3) is 0 Å². The van der Waals surface area contributed by atoms with Gasteiger partial charge in [-0.2, -0.15) is 0 Å². The Balaban J connectivity index is 2.54. The minimum absolute atomic E-state index is 0.0724. The van der Waals surface area contributed by atoms with Gasteiger partial charge in [-0.05, 0) is 19.3 Å². The van der Waals surface area contributed by atoms with E-state index in [1.165, 1.54) is 4.90 Å². The number of hydrogen-bond acceptors (Lipinski definition) is 2. The third kappa shape index (κ3) is 2.97. The van der Waals surface area contributed by atoms with Gasteiger partial charge in [-0.15, -0.1) is 0 Å². The van der Waals surface area contributed by atoms with Crippen molar-refractivity contribution in [1.82, 2.24) is 4.90 Å². The minimum Gasteiger partial charge on any atom is -0.465 e.